The van der Waals surface area contributed by atoms with Crippen molar-refractivity contribution in [3.05, 3.63) is 72.3 Å². The molecular formula is C31H35N7O5. The van der Waals surface area contributed by atoms with Crippen LogP contribution in [0.25, 0.3) is 11.3 Å². The first-order valence-electron chi connectivity index (χ1n) is 14.3. The Morgan fingerprint density at radius 3 is 2.56 bits per heavy atom. The Morgan fingerprint density at radius 2 is 1.91 bits per heavy atom. The Hall–Kier alpha value is -4.87. The number of nitrogens with one attached hydrogen (secondary N) is 1. The summed E-state index contributed by atoms with van der Waals surface area (Å²) in [6, 6.07) is 9.60. The summed E-state index contributed by atoms with van der Waals surface area (Å²) < 4.78 is 12.9. The minimum atomic E-state index is -1.14. The number of esters is 1. The predicted molar refractivity (Wildman–Crippen MR) is 160 cm³/mol. The first kappa shape index (κ1) is 29.6. The largest absolute Gasteiger partial charge is 0.461 e. The fourth-order valence-corrected chi connectivity index (χ4v) is 5.36. The summed E-state index contributed by atoms with van der Waals surface area (Å²) in [6.07, 6.45) is 10.4. The molecule has 12 heteroatoms. The van der Waals surface area contributed by atoms with Gasteiger partial charge in [0.25, 0.3) is 5.91 Å². The molecule has 43 heavy (non-hydrogen) atoms. The Kier molecular flexibility index (Phi) is 8.38. The van der Waals surface area contributed by atoms with Crippen LogP contribution < -0.4 is 5.32 Å². The Labute approximate surface area is 249 Å². The number of amides is 2. The fraction of sp³-hybridized carbons (Fsp3) is 0.387. The molecule has 1 aromatic carbocycles. The van der Waals surface area contributed by atoms with Crippen LogP contribution in [-0.2, 0) is 15.1 Å². The van der Waals surface area contributed by atoms with E-state index in [4.69, 9.17) is 14.5 Å². The summed E-state index contributed by atoms with van der Waals surface area (Å²) in [5.74, 6) is -0.598. The van der Waals surface area contributed by atoms with Crippen molar-refractivity contribution in [2.24, 2.45) is 4.99 Å². The zero-order chi connectivity index (χ0) is 30.6. The highest BCUT2D eigenvalue weighted by Gasteiger charge is 2.48. The summed E-state index contributed by atoms with van der Waals surface area (Å²) in [6.45, 7) is 7.89. The summed E-state index contributed by atoms with van der Waals surface area (Å²) in [4.78, 5) is 50.9. The molecule has 224 valence electrons. The van der Waals surface area contributed by atoms with Crippen LogP contribution in [0.2, 0.25) is 0 Å². The van der Waals surface area contributed by atoms with Gasteiger partial charge in [0.15, 0.2) is 17.2 Å². The number of aliphatic imine (C=N–C) groups is 1. The number of ether oxygens (including phenoxy) is 2. The molecule has 2 aliphatic rings. The standard InChI is InChI=1S/C31H35N7O5/c1-5-42-28(40)26-25(21-12-14-22(15-13-21)27(39)35-24-11-8-18-34-36-24)32-20-38(26)31(16-9-17-33-31)23-10-6-7-19-37(23)29(41)43-30(2,3)4/h8-9,11-18,20,23H,5-7,10,19H2,1-4H3,(H,35,36,39)/t23-,31?/m0/s1. The molecule has 2 atom stereocenters. The van der Waals surface area contributed by atoms with Crippen LogP contribution in [0.15, 0.2) is 66.1 Å². The van der Waals surface area contributed by atoms with Crippen LogP contribution in [0.4, 0.5) is 10.6 Å². The van der Waals surface area contributed by atoms with E-state index in [0.29, 0.717) is 35.6 Å². The van der Waals surface area contributed by atoms with E-state index in [9.17, 15) is 14.4 Å². The minimum Gasteiger partial charge on any atom is -0.461 e. The van der Waals surface area contributed by atoms with E-state index in [2.05, 4.69) is 20.5 Å². The van der Waals surface area contributed by atoms with Gasteiger partial charge in [-0.05, 0) is 83.4 Å². The quantitative estimate of drug-likeness (QED) is 0.388. The van der Waals surface area contributed by atoms with Crippen LogP contribution in [0, 0.1) is 0 Å². The van der Waals surface area contributed by atoms with E-state index < -0.39 is 29.4 Å². The number of imidazole rings is 1. The van der Waals surface area contributed by atoms with Gasteiger partial charge >= 0.3 is 12.1 Å². The normalized spacial score (nSPS) is 19.7. The molecule has 0 saturated carbocycles. The van der Waals surface area contributed by atoms with Crippen molar-refractivity contribution >= 4 is 30.0 Å². The van der Waals surface area contributed by atoms with Gasteiger partial charge in [0.05, 0.1) is 19.0 Å². The van der Waals surface area contributed by atoms with Crippen LogP contribution in [-0.4, -0.2) is 73.6 Å². The lowest BCUT2D eigenvalue weighted by atomic mass is 9.90. The maximum Gasteiger partial charge on any atom is 0.410 e. The van der Waals surface area contributed by atoms with E-state index in [1.807, 2.05) is 26.8 Å². The fourth-order valence-electron chi connectivity index (χ4n) is 5.36. The highest BCUT2D eigenvalue weighted by Crippen LogP contribution is 2.40. The van der Waals surface area contributed by atoms with Gasteiger partial charge < -0.3 is 19.7 Å². The van der Waals surface area contributed by atoms with E-state index in [1.165, 1.54) is 6.20 Å². The molecule has 2 aromatic heterocycles. The predicted octanol–water partition coefficient (Wildman–Crippen LogP) is 4.85. The minimum absolute atomic E-state index is 0.157. The molecule has 1 saturated heterocycles. The van der Waals surface area contributed by atoms with Gasteiger partial charge in [0.1, 0.15) is 11.3 Å². The molecule has 2 aliphatic heterocycles. The lowest BCUT2D eigenvalue weighted by Gasteiger charge is -2.45. The van der Waals surface area contributed by atoms with Crippen molar-refractivity contribution in [2.45, 2.75) is 64.3 Å². The highest BCUT2D eigenvalue weighted by atomic mass is 16.6. The number of hydrogen-bond donors (Lipinski definition) is 1. The second-order valence-electron chi connectivity index (χ2n) is 11.3. The van der Waals surface area contributed by atoms with Crippen LogP contribution in [0.5, 0.6) is 0 Å². The summed E-state index contributed by atoms with van der Waals surface area (Å²) in [5, 5.41) is 10.4. The topological polar surface area (TPSA) is 141 Å². The summed E-state index contributed by atoms with van der Waals surface area (Å²) in [7, 11) is 0. The number of hydrogen-bond acceptors (Lipinski definition) is 9. The number of likely N-dealkylation sites (tertiary alicyclic amines) is 1. The number of carbonyl (C=O) groups excluding carboxylic acids is 3. The SMILES string of the molecule is CCOC(=O)c1c(-c2ccc(C(=O)Nc3cccnn3)cc2)ncn1C1([C@@H]2CCCCN2C(=O)OC(C)(C)C)C=CC=N1. The van der Waals surface area contributed by atoms with Crippen LogP contribution >= 0.6 is 0 Å². The van der Waals surface area contributed by atoms with Gasteiger partial charge in [-0.15, -0.1) is 5.10 Å². The van der Waals surface area contributed by atoms with Crippen molar-refractivity contribution in [2.75, 3.05) is 18.5 Å². The van der Waals surface area contributed by atoms with E-state index in [1.54, 1.807) is 71.4 Å². The Balaban J connectivity index is 1.53. The van der Waals surface area contributed by atoms with Crippen LogP contribution in [0.3, 0.4) is 0 Å². The number of benzene rings is 1. The number of carbonyl (C=O) groups is 3. The molecule has 0 radical (unpaired) electrons. The first-order chi connectivity index (χ1) is 20.6. The summed E-state index contributed by atoms with van der Waals surface area (Å²) >= 11 is 0. The maximum atomic E-state index is 13.5. The van der Waals surface area contributed by atoms with Gasteiger partial charge in [-0.3, -0.25) is 14.4 Å². The molecule has 2 amide bonds. The average molecular weight is 586 g/mol. The van der Waals surface area contributed by atoms with Crippen molar-refractivity contribution in [3.8, 4) is 11.3 Å². The molecule has 1 N–H and O–H groups in total. The lowest BCUT2D eigenvalue weighted by Crippen LogP contribution is -2.57. The Bertz CT molecular complexity index is 1530. The van der Waals surface area contributed by atoms with Gasteiger partial charge in [-0.2, -0.15) is 5.10 Å². The number of piperidine rings is 1. The molecule has 1 unspecified atom stereocenters. The molecule has 0 bridgehead atoms. The number of anilines is 1. The third-order valence-electron chi connectivity index (χ3n) is 7.19. The Morgan fingerprint density at radius 1 is 1.12 bits per heavy atom. The smallest absolute Gasteiger partial charge is 0.410 e. The molecule has 3 aromatic rings. The van der Waals surface area contributed by atoms with Crippen molar-refractivity contribution in [3.63, 3.8) is 0 Å². The van der Waals surface area contributed by atoms with Crippen molar-refractivity contribution in [1.82, 2.24) is 24.6 Å². The second-order valence-corrected chi connectivity index (χ2v) is 11.3. The molecule has 0 spiro atoms. The zero-order valence-corrected chi connectivity index (χ0v) is 24.7. The van der Waals surface area contributed by atoms with Crippen molar-refractivity contribution in [1.29, 1.82) is 0 Å². The zero-order valence-electron chi connectivity index (χ0n) is 24.7. The third kappa shape index (κ3) is 6.18. The number of rotatable bonds is 7. The second kappa shape index (κ2) is 12.2. The van der Waals surface area contributed by atoms with E-state index in [0.717, 1.165) is 12.8 Å². The molecule has 4 heterocycles. The third-order valence-corrected chi connectivity index (χ3v) is 7.19. The molecular weight excluding hydrogens is 550 g/mol. The monoisotopic (exact) mass is 585 g/mol. The first-order valence-corrected chi connectivity index (χ1v) is 14.3. The maximum absolute atomic E-state index is 13.5. The molecule has 12 nitrogen and oxygen atoms in total. The van der Waals surface area contributed by atoms with E-state index >= 15 is 0 Å². The van der Waals surface area contributed by atoms with Crippen LogP contribution in [0.1, 0.15) is 67.8 Å². The molecule has 1 fully saturated rings. The van der Waals surface area contributed by atoms with Gasteiger partial charge in [-0.25, -0.2) is 14.6 Å². The summed E-state index contributed by atoms with van der Waals surface area (Å²) in [5.41, 5.74) is -0.253. The molecule has 5 rings (SSSR count). The average Bonchev–Trinajstić information content (AvgIpc) is 3.66. The number of allylic oxidation sites excluding steroid dienone is 1. The van der Waals surface area contributed by atoms with E-state index in [-0.39, 0.29) is 18.2 Å². The number of nitrogens with zero attached hydrogens (tertiary/aromatic N) is 6. The lowest BCUT2D eigenvalue weighted by molar-refractivity contribution is -0.00523. The number of aromatic nitrogens is 4. The van der Waals surface area contributed by atoms with Gasteiger partial charge in [-0.1, -0.05) is 12.1 Å². The molecule has 0 aliphatic carbocycles. The van der Waals surface area contributed by atoms with Gasteiger partial charge in [0.2, 0.25) is 0 Å². The highest BCUT2D eigenvalue weighted by molar-refractivity contribution is 6.04. The van der Waals surface area contributed by atoms with Crippen molar-refractivity contribution < 1.29 is 23.9 Å². The van der Waals surface area contributed by atoms with Gasteiger partial charge in [0, 0.05) is 30.1 Å².